The van der Waals surface area contributed by atoms with Crippen molar-refractivity contribution in [3.05, 3.63) is 39.9 Å². The fourth-order valence-electron chi connectivity index (χ4n) is 2.42. The van der Waals surface area contributed by atoms with Crippen LogP contribution in [-0.2, 0) is 0 Å². The summed E-state index contributed by atoms with van der Waals surface area (Å²) in [6.45, 7) is 2.20. The summed E-state index contributed by atoms with van der Waals surface area (Å²) < 4.78 is 1.26. The van der Waals surface area contributed by atoms with Gasteiger partial charge < -0.3 is 10.3 Å². The number of aromatic amines is 1. The topological polar surface area (TPSA) is 40.7 Å². The molecular weight excluding hydrogens is 337 g/mol. The summed E-state index contributed by atoms with van der Waals surface area (Å²) in [6.07, 6.45) is 4.32. The average Bonchev–Trinajstić information content (AvgIpc) is 2.90. The van der Waals surface area contributed by atoms with E-state index in [1.807, 2.05) is 6.20 Å². The van der Waals surface area contributed by atoms with Crippen molar-refractivity contribution >= 4 is 22.6 Å². The van der Waals surface area contributed by atoms with Gasteiger partial charge in [-0.2, -0.15) is 0 Å². The number of hydrogen-bond donors (Lipinski definition) is 2. The van der Waals surface area contributed by atoms with Crippen molar-refractivity contribution in [1.29, 1.82) is 0 Å². The number of benzene rings is 1. The summed E-state index contributed by atoms with van der Waals surface area (Å²) in [5.74, 6) is 1.73. The summed E-state index contributed by atoms with van der Waals surface area (Å²) in [5, 5.41) is 3.39. The number of nitrogens with zero attached hydrogens (tertiary/aromatic N) is 1. The monoisotopic (exact) mass is 353 g/mol. The fraction of sp³-hybridized carbons (Fsp3) is 0.357. The van der Waals surface area contributed by atoms with Gasteiger partial charge in [-0.1, -0.05) is 12.1 Å². The molecule has 2 aromatic rings. The maximum Gasteiger partial charge on any atom is 0.109 e. The minimum Gasteiger partial charge on any atom is -0.342 e. The lowest BCUT2D eigenvalue weighted by molar-refractivity contribution is 0.447. The number of H-pyrrole nitrogens is 1. The SMILES string of the molecule is Ic1ccc(-c2cnc(C3CCNCC3)[nH]2)cc1. The van der Waals surface area contributed by atoms with Gasteiger partial charge in [-0.15, -0.1) is 0 Å². The highest BCUT2D eigenvalue weighted by molar-refractivity contribution is 14.1. The van der Waals surface area contributed by atoms with Gasteiger partial charge in [-0.25, -0.2) is 4.98 Å². The molecule has 0 atom stereocenters. The van der Waals surface area contributed by atoms with Gasteiger partial charge in [0.05, 0.1) is 11.9 Å². The number of rotatable bonds is 2. The first-order valence-electron chi connectivity index (χ1n) is 6.34. The Hall–Kier alpha value is -0.880. The third-order valence-electron chi connectivity index (χ3n) is 3.48. The van der Waals surface area contributed by atoms with Crippen molar-refractivity contribution in [2.45, 2.75) is 18.8 Å². The van der Waals surface area contributed by atoms with Crippen molar-refractivity contribution in [3.8, 4) is 11.3 Å². The lowest BCUT2D eigenvalue weighted by Gasteiger charge is -2.20. The average molecular weight is 353 g/mol. The molecule has 1 saturated heterocycles. The Morgan fingerprint density at radius 3 is 2.56 bits per heavy atom. The van der Waals surface area contributed by atoms with Gasteiger partial charge in [0.15, 0.2) is 0 Å². The largest absolute Gasteiger partial charge is 0.342 e. The number of halogens is 1. The molecule has 1 fully saturated rings. The van der Waals surface area contributed by atoms with E-state index in [4.69, 9.17) is 0 Å². The summed E-state index contributed by atoms with van der Waals surface area (Å²) in [7, 11) is 0. The van der Waals surface area contributed by atoms with Gasteiger partial charge in [-0.3, -0.25) is 0 Å². The van der Waals surface area contributed by atoms with Crippen LogP contribution in [0.15, 0.2) is 30.5 Å². The van der Waals surface area contributed by atoms with E-state index >= 15 is 0 Å². The molecule has 1 aromatic carbocycles. The molecule has 94 valence electrons. The van der Waals surface area contributed by atoms with Crippen LogP contribution < -0.4 is 5.32 Å². The van der Waals surface area contributed by atoms with E-state index in [1.54, 1.807) is 0 Å². The van der Waals surface area contributed by atoms with E-state index in [9.17, 15) is 0 Å². The summed E-state index contributed by atoms with van der Waals surface area (Å²) >= 11 is 2.32. The van der Waals surface area contributed by atoms with Crippen LogP contribution in [0.4, 0.5) is 0 Å². The maximum absolute atomic E-state index is 4.55. The van der Waals surface area contributed by atoms with Crippen molar-refractivity contribution in [2.75, 3.05) is 13.1 Å². The number of aromatic nitrogens is 2. The van der Waals surface area contributed by atoms with Crippen LogP contribution in [0, 0.1) is 3.57 Å². The van der Waals surface area contributed by atoms with Crippen LogP contribution in [0.1, 0.15) is 24.6 Å². The van der Waals surface area contributed by atoms with Crippen molar-refractivity contribution in [3.63, 3.8) is 0 Å². The molecule has 0 saturated carbocycles. The van der Waals surface area contributed by atoms with E-state index in [1.165, 1.54) is 22.0 Å². The lowest BCUT2D eigenvalue weighted by Crippen LogP contribution is -2.27. The van der Waals surface area contributed by atoms with Gasteiger partial charge in [0.1, 0.15) is 5.82 Å². The first kappa shape index (κ1) is 12.2. The molecule has 18 heavy (non-hydrogen) atoms. The van der Waals surface area contributed by atoms with Crippen molar-refractivity contribution < 1.29 is 0 Å². The highest BCUT2D eigenvalue weighted by Crippen LogP contribution is 2.25. The maximum atomic E-state index is 4.55. The molecule has 2 N–H and O–H groups in total. The van der Waals surface area contributed by atoms with Gasteiger partial charge in [-0.05, 0) is 66.2 Å². The predicted octanol–water partition coefficient (Wildman–Crippen LogP) is 3.15. The van der Waals surface area contributed by atoms with Crippen LogP contribution in [0.5, 0.6) is 0 Å². The van der Waals surface area contributed by atoms with E-state index in [-0.39, 0.29) is 0 Å². The van der Waals surface area contributed by atoms with E-state index in [0.717, 1.165) is 24.6 Å². The number of piperidine rings is 1. The Labute approximate surface area is 121 Å². The second-order valence-corrected chi connectivity index (χ2v) is 5.96. The molecule has 1 aliphatic rings. The van der Waals surface area contributed by atoms with Gasteiger partial charge in [0, 0.05) is 9.49 Å². The van der Waals surface area contributed by atoms with Crippen molar-refractivity contribution in [2.24, 2.45) is 0 Å². The Morgan fingerprint density at radius 1 is 1.11 bits per heavy atom. The van der Waals surface area contributed by atoms with Crippen LogP contribution in [0.25, 0.3) is 11.3 Å². The minimum absolute atomic E-state index is 0.587. The summed E-state index contributed by atoms with van der Waals surface area (Å²) in [6, 6.07) is 8.53. The first-order chi connectivity index (χ1) is 8.83. The minimum atomic E-state index is 0.587. The zero-order chi connectivity index (χ0) is 12.4. The summed E-state index contributed by atoms with van der Waals surface area (Å²) in [4.78, 5) is 8.03. The second kappa shape index (κ2) is 5.40. The Morgan fingerprint density at radius 2 is 1.83 bits per heavy atom. The predicted molar refractivity (Wildman–Crippen MR) is 81.6 cm³/mol. The highest BCUT2D eigenvalue weighted by atomic mass is 127. The molecule has 4 heteroatoms. The van der Waals surface area contributed by atoms with Crippen LogP contribution in [-0.4, -0.2) is 23.1 Å². The van der Waals surface area contributed by atoms with Gasteiger partial charge in [0.2, 0.25) is 0 Å². The number of nitrogens with one attached hydrogen (secondary N) is 2. The molecule has 2 heterocycles. The van der Waals surface area contributed by atoms with Crippen molar-refractivity contribution in [1.82, 2.24) is 15.3 Å². The van der Waals surface area contributed by atoms with Gasteiger partial charge >= 0.3 is 0 Å². The highest BCUT2D eigenvalue weighted by Gasteiger charge is 2.18. The van der Waals surface area contributed by atoms with Crippen LogP contribution in [0.3, 0.4) is 0 Å². The molecule has 1 aliphatic heterocycles. The smallest absolute Gasteiger partial charge is 0.109 e. The third-order valence-corrected chi connectivity index (χ3v) is 4.20. The molecule has 0 unspecified atom stereocenters. The molecular formula is C14H16IN3. The number of hydrogen-bond acceptors (Lipinski definition) is 2. The Bertz CT molecular complexity index is 512. The Balaban J connectivity index is 1.82. The first-order valence-corrected chi connectivity index (χ1v) is 7.42. The second-order valence-electron chi connectivity index (χ2n) is 4.71. The lowest BCUT2D eigenvalue weighted by atomic mass is 9.98. The molecule has 0 aliphatic carbocycles. The van der Waals surface area contributed by atoms with Crippen LogP contribution >= 0.6 is 22.6 Å². The zero-order valence-electron chi connectivity index (χ0n) is 10.1. The van der Waals surface area contributed by atoms with E-state index in [0.29, 0.717) is 5.92 Å². The molecule has 1 aromatic heterocycles. The molecule has 0 spiro atoms. The van der Waals surface area contributed by atoms with Gasteiger partial charge in [0.25, 0.3) is 0 Å². The van der Waals surface area contributed by atoms with Crippen LogP contribution in [0.2, 0.25) is 0 Å². The normalized spacial score (nSPS) is 16.9. The molecule has 0 bridgehead atoms. The summed E-state index contributed by atoms with van der Waals surface area (Å²) in [5.41, 5.74) is 2.34. The number of imidazole rings is 1. The molecule has 3 nitrogen and oxygen atoms in total. The fourth-order valence-corrected chi connectivity index (χ4v) is 2.78. The molecule has 3 rings (SSSR count). The molecule has 0 radical (unpaired) electrons. The van der Waals surface area contributed by atoms with E-state index < -0.39 is 0 Å². The molecule has 0 amide bonds. The standard InChI is InChI=1S/C14H16IN3/c15-12-3-1-10(2-4-12)13-9-17-14(18-13)11-5-7-16-8-6-11/h1-4,9,11,16H,5-8H2,(H,17,18). The Kier molecular flexibility index (Phi) is 3.65. The third kappa shape index (κ3) is 2.59. The quantitative estimate of drug-likeness (QED) is 0.815. The zero-order valence-corrected chi connectivity index (χ0v) is 12.3. The van der Waals surface area contributed by atoms with E-state index in [2.05, 4.69) is 62.1 Å².